The molecule has 18 heavy (non-hydrogen) atoms. The van der Waals surface area contributed by atoms with Crippen molar-refractivity contribution in [1.82, 2.24) is 15.0 Å². The Morgan fingerprint density at radius 1 is 1.33 bits per heavy atom. The summed E-state index contributed by atoms with van der Waals surface area (Å²) in [5, 5.41) is 0. The summed E-state index contributed by atoms with van der Waals surface area (Å²) in [5.74, 6) is 7.11. The molecule has 0 bridgehead atoms. The molecule has 0 amide bonds. The Morgan fingerprint density at radius 3 is 2.61 bits per heavy atom. The van der Waals surface area contributed by atoms with Crippen molar-refractivity contribution in [3.05, 3.63) is 0 Å². The number of anilines is 2. The van der Waals surface area contributed by atoms with Gasteiger partial charge in [0.2, 0.25) is 11.9 Å². The van der Waals surface area contributed by atoms with E-state index in [4.69, 9.17) is 10.6 Å². The van der Waals surface area contributed by atoms with Gasteiger partial charge in [0.05, 0.1) is 7.11 Å². The van der Waals surface area contributed by atoms with Crippen LogP contribution in [0.1, 0.15) is 26.2 Å². The molecule has 1 fully saturated rings. The normalized spacial score (nSPS) is 16.7. The van der Waals surface area contributed by atoms with Crippen molar-refractivity contribution in [2.75, 3.05) is 30.5 Å². The zero-order chi connectivity index (χ0) is 13.0. The van der Waals surface area contributed by atoms with Crippen LogP contribution in [0.25, 0.3) is 0 Å². The predicted octanol–water partition coefficient (Wildman–Crippen LogP) is 0.792. The summed E-state index contributed by atoms with van der Waals surface area (Å²) in [7, 11) is 1.53. The molecule has 0 unspecified atom stereocenters. The number of piperidine rings is 1. The van der Waals surface area contributed by atoms with E-state index in [1.165, 1.54) is 26.4 Å². The van der Waals surface area contributed by atoms with Crippen LogP contribution in [0.15, 0.2) is 0 Å². The van der Waals surface area contributed by atoms with Gasteiger partial charge in [0, 0.05) is 13.1 Å². The lowest BCUT2D eigenvalue weighted by atomic mass is 9.95. The van der Waals surface area contributed by atoms with Crippen molar-refractivity contribution >= 4 is 11.9 Å². The maximum atomic E-state index is 5.34. The molecule has 0 aliphatic carbocycles. The molecule has 0 atom stereocenters. The molecule has 1 aromatic rings. The van der Waals surface area contributed by atoms with Crippen LogP contribution >= 0.6 is 0 Å². The van der Waals surface area contributed by atoms with Crippen LogP contribution in [0, 0.1) is 5.92 Å². The first kappa shape index (κ1) is 12.8. The van der Waals surface area contributed by atoms with Crippen molar-refractivity contribution in [3.8, 4) is 6.01 Å². The fourth-order valence-corrected chi connectivity index (χ4v) is 2.18. The lowest BCUT2D eigenvalue weighted by molar-refractivity contribution is 0.372. The van der Waals surface area contributed by atoms with E-state index in [0.717, 1.165) is 19.0 Å². The molecular formula is C11H20N6O. The Morgan fingerprint density at radius 2 is 2.06 bits per heavy atom. The van der Waals surface area contributed by atoms with Crippen molar-refractivity contribution in [1.29, 1.82) is 0 Å². The standard InChI is InChI=1S/C11H20N6O/c1-3-8-4-6-17(7-5-8)10-13-9(16-12)14-11(15-10)18-2/h8H,3-7,12H2,1-2H3,(H,13,14,15,16). The van der Waals surface area contributed by atoms with Gasteiger partial charge < -0.3 is 9.64 Å². The van der Waals surface area contributed by atoms with Crippen LogP contribution in [0.3, 0.4) is 0 Å². The van der Waals surface area contributed by atoms with E-state index < -0.39 is 0 Å². The van der Waals surface area contributed by atoms with Crippen molar-refractivity contribution in [2.24, 2.45) is 11.8 Å². The van der Waals surface area contributed by atoms with Gasteiger partial charge in [-0.15, -0.1) is 0 Å². The maximum Gasteiger partial charge on any atom is 0.322 e. The highest BCUT2D eigenvalue weighted by atomic mass is 16.5. The SMILES string of the molecule is CCC1CCN(c2nc(NN)nc(OC)n2)CC1. The number of nitrogens with one attached hydrogen (secondary N) is 1. The Bertz CT molecular complexity index is 369. The van der Waals surface area contributed by atoms with E-state index in [-0.39, 0.29) is 6.01 Å². The molecule has 100 valence electrons. The first-order chi connectivity index (χ1) is 8.76. The second-order valence-electron chi connectivity index (χ2n) is 4.43. The quantitative estimate of drug-likeness (QED) is 0.605. The van der Waals surface area contributed by atoms with Crippen LogP contribution < -0.4 is 20.9 Å². The average molecular weight is 252 g/mol. The van der Waals surface area contributed by atoms with Crippen LogP contribution in [0.5, 0.6) is 6.01 Å². The number of nitrogens with two attached hydrogens (primary N) is 1. The number of hydrazine groups is 1. The fourth-order valence-electron chi connectivity index (χ4n) is 2.18. The molecule has 7 heteroatoms. The number of nitrogen functional groups attached to an aromatic ring is 1. The van der Waals surface area contributed by atoms with Crippen LogP contribution in [0.4, 0.5) is 11.9 Å². The van der Waals surface area contributed by atoms with E-state index in [1.807, 2.05) is 0 Å². The van der Waals surface area contributed by atoms with E-state index >= 15 is 0 Å². The summed E-state index contributed by atoms with van der Waals surface area (Å²) in [4.78, 5) is 14.7. The third-order valence-electron chi connectivity index (χ3n) is 3.39. The van der Waals surface area contributed by atoms with Gasteiger partial charge >= 0.3 is 6.01 Å². The van der Waals surface area contributed by atoms with Gasteiger partial charge in [-0.05, 0) is 18.8 Å². The minimum atomic E-state index is 0.283. The molecule has 0 saturated carbocycles. The lowest BCUT2D eigenvalue weighted by Gasteiger charge is -2.31. The summed E-state index contributed by atoms with van der Waals surface area (Å²) in [6.45, 7) is 4.17. The summed E-state index contributed by atoms with van der Waals surface area (Å²) in [5.41, 5.74) is 2.43. The summed E-state index contributed by atoms with van der Waals surface area (Å²) < 4.78 is 5.05. The molecular weight excluding hydrogens is 232 g/mol. The molecule has 1 aliphatic heterocycles. The second kappa shape index (κ2) is 5.81. The topological polar surface area (TPSA) is 89.2 Å². The lowest BCUT2D eigenvalue weighted by Crippen LogP contribution is -2.35. The fraction of sp³-hybridized carbons (Fsp3) is 0.727. The summed E-state index contributed by atoms with van der Waals surface area (Å²) in [6.07, 6.45) is 3.59. The molecule has 7 nitrogen and oxygen atoms in total. The van der Waals surface area contributed by atoms with E-state index in [2.05, 4.69) is 32.2 Å². The van der Waals surface area contributed by atoms with Gasteiger partial charge in [0.15, 0.2) is 0 Å². The number of methoxy groups -OCH3 is 1. The predicted molar refractivity (Wildman–Crippen MR) is 69.4 cm³/mol. The van der Waals surface area contributed by atoms with Gasteiger partial charge in [0.25, 0.3) is 0 Å². The van der Waals surface area contributed by atoms with E-state index in [1.54, 1.807) is 0 Å². The summed E-state index contributed by atoms with van der Waals surface area (Å²) >= 11 is 0. The molecule has 1 aliphatic rings. The minimum absolute atomic E-state index is 0.283. The van der Waals surface area contributed by atoms with Gasteiger partial charge in [-0.25, -0.2) is 5.84 Å². The van der Waals surface area contributed by atoms with Gasteiger partial charge in [0.1, 0.15) is 0 Å². The zero-order valence-electron chi connectivity index (χ0n) is 10.9. The highest BCUT2D eigenvalue weighted by Gasteiger charge is 2.21. The largest absolute Gasteiger partial charge is 0.467 e. The number of ether oxygens (including phenoxy) is 1. The highest BCUT2D eigenvalue weighted by molar-refractivity contribution is 5.38. The van der Waals surface area contributed by atoms with Crippen LogP contribution in [-0.2, 0) is 0 Å². The monoisotopic (exact) mass is 252 g/mol. The van der Waals surface area contributed by atoms with E-state index in [0.29, 0.717) is 11.9 Å². The Labute approximate surface area is 107 Å². The van der Waals surface area contributed by atoms with Crippen LogP contribution in [0.2, 0.25) is 0 Å². The van der Waals surface area contributed by atoms with E-state index in [9.17, 15) is 0 Å². The first-order valence-electron chi connectivity index (χ1n) is 6.28. The molecule has 1 saturated heterocycles. The van der Waals surface area contributed by atoms with Crippen molar-refractivity contribution in [2.45, 2.75) is 26.2 Å². The summed E-state index contributed by atoms with van der Waals surface area (Å²) in [6, 6.07) is 0.283. The minimum Gasteiger partial charge on any atom is -0.467 e. The molecule has 0 radical (unpaired) electrons. The smallest absolute Gasteiger partial charge is 0.322 e. The molecule has 3 N–H and O–H groups in total. The Hall–Kier alpha value is -1.63. The van der Waals surface area contributed by atoms with Crippen molar-refractivity contribution in [3.63, 3.8) is 0 Å². The van der Waals surface area contributed by atoms with Crippen molar-refractivity contribution < 1.29 is 4.74 Å². The highest BCUT2D eigenvalue weighted by Crippen LogP contribution is 2.23. The number of aromatic nitrogens is 3. The Balaban J connectivity index is 2.13. The maximum absolute atomic E-state index is 5.34. The van der Waals surface area contributed by atoms with Gasteiger partial charge in [-0.3, -0.25) is 5.43 Å². The molecule has 0 spiro atoms. The van der Waals surface area contributed by atoms with Crippen LogP contribution in [-0.4, -0.2) is 35.2 Å². The number of hydrogen-bond donors (Lipinski definition) is 2. The third kappa shape index (κ3) is 2.79. The average Bonchev–Trinajstić information content (AvgIpc) is 2.46. The molecule has 2 rings (SSSR count). The zero-order valence-corrected chi connectivity index (χ0v) is 10.9. The molecule has 0 aromatic carbocycles. The number of nitrogens with zero attached hydrogens (tertiary/aromatic N) is 4. The Kier molecular flexibility index (Phi) is 4.14. The van der Waals surface area contributed by atoms with Gasteiger partial charge in [-0.1, -0.05) is 13.3 Å². The molecule has 2 heterocycles. The molecule has 1 aromatic heterocycles. The first-order valence-corrected chi connectivity index (χ1v) is 6.28. The second-order valence-corrected chi connectivity index (χ2v) is 4.43. The van der Waals surface area contributed by atoms with Gasteiger partial charge in [-0.2, -0.15) is 15.0 Å². The number of hydrogen-bond acceptors (Lipinski definition) is 7. The third-order valence-corrected chi connectivity index (χ3v) is 3.39. The number of rotatable bonds is 4.